The number of carbonyl (C=O) groups is 1. The number of rotatable bonds is 3. The fourth-order valence-electron chi connectivity index (χ4n) is 2.75. The van der Waals surface area contributed by atoms with Crippen LogP contribution in [0.2, 0.25) is 5.02 Å². The first-order chi connectivity index (χ1) is 11.0. The highest BCUT2D eigenvalue weighted by molar-refractivity contribution is 6.30. The molecule has 1 amide bonds. The molecule has 4 heteroatoms. The molecule has 3 nitrogen and oxygen atoms in total. The van der Waals surface area contributed by atoms with Gasteiger partial charge in [0.25, 0.3) is 5.91 Å². The molecule has 0 radical (unpaired) electrons. The van der Waals surface area contributed by atoms with Gasteiger partial charge in [0.2, 0.25) is 0 Å². The van der Waals surface area contributed by atoms with Crippen LogP contribution in [-0.4, -0.2) is 10.5 Å². The normalized spacial score (nSPS) is 12.3. The minimum absolute atomic E-state index is 0.0850. The summed E-state index contributed by atoms with van der Waals surface area (Å²) in [6.45, 7) is 4.01. The van der Waals surface area contributed by atoms with Crippen LogP contribution in [0, 0.1) is 6.92 Å². The maximum Gasteiger partial charge on any atom is 0.251 e. The monoisotopic (exact) mass is 326 g/mol. The number of aryl methyl sites for hydroxylation is 2. The van der Waals surface area contributed by atoms with Gasteiger partial charge >= 0.3 is 0 Å². The highest BCUT2D eigenvalue weighted by atomic mass is 35.5. The Labute approximate surface area is 140 Å². The number of carbonyl (C=O) groups excluding carboxylic acids is 1. The van der Waals surface area contributed by atoms with E-state index in [-0.39, 0.29) is 11.9 Å². The molecule has 1 aromatic heterocycles. The molecule has 0 spiro atoms. The van der Waals surface area contributed by atoms with E-state index in [1.807, 2.05) is 56.4 Å². The van der Waals surface area contributed by atoms with Gasteiger partial charge in [-0.05, 0) is 55.1 Å². The van der Waals surface area contributed by atoms with Gasteiger partial charge in [-0.15, -0.1) is 0 Å². The van der Waals surface area contributed by atoms with Gasteiger partial charge in [-0.3, -0.25) is 4.79 Å². The Morgan fingerprint density at radius 1 is 1.17 bits per heavy atom. The molecule has 1 atom stereocenters. The van der Waals surface area contributed by atoms with E-state index in [0.29, 0.717) is 10.6 Å². The van der Waals surface area contributed by atoms with Crippen molar-refractivity contribution in [3.63, 3.8) is 0 Å². The van der Waals surface area contributed by atoms with E-state index in [9.17, 15) is 4.79 Å². The number of aromatic nitrogens is 1. The van der Waals surface area contributed by atoms with Crippen molar-refractivity contribution in [1.82, 2.24) is 9.88 Å². The summed E-state index contributed by atoms with van der Waals surface area (Å²) in [5, 5.41) is 4.84. The van der Waals surface area contributed by atoms with E-state index in [1.54, 1.807) is 0 Å². The summed E-state index contributed by atoms with van der Waals surface area (Å²) in [5.41, 5.74) is 3.88. The molecule has 0 aliphatic carbocycles. The van der Waals surface area contributed by atoms with Gasteiger partial charge in [-0.2, -0.15) is 0 Å². The number of amides is 1. The predicted molar refractivity (Wildman–Crippen MR) is 95.0 cm³/mol. The number of nitrogens with one attached hydrogen (secondary N) is 1. The molecular formula is C19H19ClN2O. The summed E-state index contributed by atoms with van der Waals surface area (Å²) in [4.78, 5) is 12.5. The van der Waals surface area contributed by atoms with Crippen LogP contribution in [0.3, 0.4) is 0 Å². The van der Waals surface area contributed by atoms with Gasteiger partial charge in [0.15, 0.2) is 0 Å². The van der Waals surface area contributed by atoms with E-state index < -0.39 is 0 Å². The third kappa shape index (κ3) is 3.10. The Hall–Kier alpha value is -2.26. The molecule has 1 N–H and O–H groups in total. The van der Waals surface area contributed by atoms with E-state index in [4.69, 9.17) is 11.6 Å². The number of halogens is 1. The van der Waals surface area contributed by atoms with Crippen molar-refractivity contribution < 1.29 is 4.79 Å². The Balaban J connectivity index is 1.84. The zero-order valence-corrected chi connectivity index (χ0v) is 14.2. The van der Waals surface area contributed by atoms with Crippen molar-refractivity contribution in [3.05, 3.63) is 70.4 Å². The van der Waals surface area contributed by atoms with Crippen molar-refractivity contribution >= 4 is 28.4 Å². The zero-order chi connectivity index (χ0) is 16.6. The van der Waals surface area contributed by atoms with Crippen LogP contribution in [0.15, 0.2) is 48.5 Å². The lowest BCUT2D eigenvalue weighted by Crippen LogP contribution is -2.26. The molecule has 3 rings (SSSR count). The molecule has 0 saturated heterocycles. The molecule has 118 valence electrons. The summed E-state index contributed by atoms with van der Waals surface area (Å²) < 4.78 is 2.09. The van der Waals surface area contributed by atoms with E-state index in [1.165, 1.54) is 5.69 Å². The minimum Gasteiger partial charge on any atom is -0.348 e. The summed E-state index contributed by atoms with van der Waals surface area (Å²) >= 11 is 6.01. The SMILES string of the molecule is Cc1cc2ccc(C(=O)N[C@@H](C)c3cccc(Cl)c3)cc2n1C. The number of benzene rings is 2. The average Bonchev–Trinajstić information content (AvgIpc) is 2.81. The summed E-state index contributed by atoms with van der Waals surface area (Å²) in [7, 11) is 2.01. The van der Waals surface area contributed by atoms with Crippen molar-refractivity contribution in [2.24, 2.45) is 7.05 Å². The van der Waals surface area contributed by atoms with Crippen molar-refractivity contribution in [2.75, 3.05) is 0 Å². The van der Waals surface area contributed by atoms with Gasteiger partial charge < -0.3 is 9.88 Å². The first-order valence-electron chi connectivity index (χ1n) is 7.58. The van der Waals surface area contributed by atoms with Gasteiger partial charge in [-0.25, -0.2) is 0 Å². The molecule has 0 unspecified atom stereocenters. The van der Waals surface area contributed by atoms with Crippen LogP contribution >= 0.6 is 11.6 Å². The maximum absolute atomic E-state index is 12.5. The Morgan fingerprint density at radius 3 is 2.70 bits per heavy atom. The van der Waals surface area contributed by atoms with Crippen LogP contribution in [0.5, 0.6) is 0 Å². The van der Waals surface area contributed by atoms with Crippen LogP contribution < -0.4 is 5.32 Å². The third-order valence-corrected chi connectivity index (χ3v) is 4.48. The molecule has 0 aliphatic heterocycles. The summed E-state index contributed by atoms with van der Waals surface area (Å²) in [6.07, 6.45) is 0. The van der Waals surface area contributed by atoms with E-state index in [2.05, 4.69) is 22.9 Å². The predicted octanol–water partition coefficient (Wildman–Crippen LogP) is 4.63. The van der Waals surface area contributed by atoms with Crippen molar-refractivity contribution in [2.45, 2.75) is 19.9 Å². The first kappa shape index (κ1) is 15.6. The highest BCUT2D eigenvalue weighted by Gasteiger charge is 2.13. The molecule has 2 aromatic carbocycles. The summed E-state index contributed by atoms with van der Waals surface area (Å²) in [5.74, 6) is -0.0850. The quantitative estimate of drug-likeness (QED) is 0.748. The van der Waals surface area contributed by atoms with Gasteiger partial charge in [0, 0.05) is 28.8 Å². The third-order valence-electron chi connectivity index (χ3n) is 4.24. The fraction of sp³-hybridized carbons (Fsp3) is 0.211. The lowest BCUT2D eigenvalue weighted by Gasteiger charge is -2.15. The highest BCUT2D eigenvalue weighted by Crippen LogP contribution is 2.21. The smallest absolute Gasteiger partial charge is 0.251 e. The lowest BCUT2D eigenvalue weighted by molar-refractivity contribution is 0.0940. The largest absolute Gasteiger partial charge is 0.348 e. The molecule has 0 bridgehead atoms. The molecule has 0 aliphatic rings. The lowest BCUT2D eigenvalue weighted by atomic mass is 10.1. The summed E-state index contributed by atoms with van der Waals surface area (Å²) in [6, 6.07) is 15.3. The van der Waals surface area contributed by atoms with Crippen molar-refractivity contribution in [1.29, 1.82) is 0 Å². The number of nitrogens with zero attached hydrogens (tertiary/aromatic N) is 1. The molecule has 23 heavy (non-hydrogen) atoms. The topological polar surface area (TPSA) is 34.0 Å². The Morgan fingerprint density at radius 2 is 1.96 bits per heavy atom. The second kappa shape index (κ2) is 6.09. The van der Waals surface area contributed by atoms with Gasteiger partial charge in [0.1, 0.15) is 0 Å². The van der Waals surface area contributed by atoms with Crippen LogP contribution in [0.25, 0.3) is 10.9 Å². The second-order valence-electron chi connectivity index (χ2n) is 5.87. The molecular weight excluding hydrogens is 308 g/mol. The first-order valence-corrected chi connectivity index (χ1v) is 7.96. The average molecular weight is 327 g/mol. The van der Waals surface area contributed by atoms with Crippen LogP contribution in [0.4, 0.5) is 0 Å². The van der Waals surface area contributed by atoms with Crippen LogP contribution in [0.1, 0.15) is 34.6 Å². The van der Waals surface area contributed by atoms with Gasteiger partial charge in [-0.1, -0.05) is 29.8 Å². The Bertz CT molecular complexity index is 882. The number of hydrogen-bond acceptors (Lipinski definition) is 1. The molecule has 1 heterocycles. The number of fused-ring (bicyclic) bond motifs is 1. The molecule has 0 saturated carbocycles. The standard InChI is InChI=1S/C19H19ClN2O/c1-12-9-15-7-8-16(11-18(15)22(12)3)19(23)21-13(2)14-5-4-6-17(20)10-14/h4-11,13H,1-3H3,(H,21,23)/t13-/m0/s1. The fourth-order valence-corrected chi connectivity index (χ4v) is 2.95. The van der Waals surface area contributed by atoms with Crippen molar-refractivity contribution in [3.8, 4) is 0 Å². The van der Waals surface area contributed by atoms with E-state index in [0.717, 1.165) is 16.5 Å². The van der Waals surface area contributed by atoms with Gasteiger partial charge in [0.05, 0.1) is 6.04 Å². The number of hydrogen-bond donors (Lipinski definition) is 1. The molecule has 0 fully saturated rings. The molecule has 3 aromatic rings. The zero-order valence-electron chi connectivity index (χ0n) is 13.4. The van der Waals surface area contributed by atoms with E-state index >= 15 is 0 Å². The Kier molecular flexibility index (Phi) is 4.14. The maximum atomic E-state index is 12.5. The second-order valence-corrected chi connectivity index (χ2v) is 6.30. The minimum atomic E-state index is -0.105. The van der Waals surface area contributed by atoms with Crippen LogP contribution in [-0.2, 0) is 7.05 Å².